The molecule has 1 saturated heterocycles. The zero-order valence-electron chi connectivity index (χ0n) is 19.4. The van der Waals surface area contributed by atoms with Crippen molar-refractivity contribution in [2.24, 2.45) is 5.92 Å². The summed E-state index contributed by atoms with van der Waals surface area (Å²) in [4.78, 5) is 38.4. The van der Waals surface area contributed by atoms with Gasteiger partial charge in [-0.1, -0.05) is 62.4 Å². The van der Waals surface area contributed by atoms with Gasteiger partial charge in [-0.3, -0.25) is 9.59 Å². The molecule has 0 aromatic heterocycles. The van der Waals surface area contributed by atoms with Gasteiger partial charge >= 0.3 is 12.1 Å². The van der Waals surface area contributed by atoms with E-state index in [0.717, 1.165) is 22.3 Å². The van der Waals surface area contributed by atoms with Crippen molar-refractivity contribution in [3.05, 3.63) is 59.7 Å². The lowest BCUT2D eigenvalue weighted by atomic mass is 9.98. The van der Waals surface area contributed by atoms with E-state index in [1.807, 2.05) is 38.1 Å². The Balaban J connectivity index is 1.36. The number of aliphatic carboxylic acids is 1. The molecule has 0 saturated carbocycles. The maximum atomic E-state index is 12.8. The number of alkyl carbamates (subject to hydrolysis) is 1. The molecule has 7 nitrogen and oxygen atoms in total. The van der Waals surface area contributed by atoms with E-state index in [0.29, 0.717) is 12.3 Å². The molecule has 1 aliphatic heterocycles. The van der Waals surface area contributed by atoms with Crippen LogP contribution < -0.4 is 5.32 Å². The molecule has 2 unspecified atom stereocenters. The van der Waals surface area contributed by atoms with Gasteiger partial charge in [-0.05, 0) is 28.2 Å². The minimum atomic E-state index is -0.903. The van der Waals surface area contributed by atoms with Crippen molar-refractivity contribution in [1.82, 2.24) is 10.2 Å². The number of thioether (sulfide) groups is 1. The van der Waals surface area contributed by atoms with E-state index in [9.17, 15) is 19.5 Å². The number of carbonyl (C=O) groups excluding carboxylic acids is 2. The molecule has 34 heavy (non-hydrogen) atoms. The normalized spacial score (nSPS) is 18.2. The lowest BCUT2D eigenvalue weighted by Crippen LogP contribution is -2.48. The van der Waals surface area contributed by atoms with Crippen molar-refractivity contribution in [3.63, 3.8) is 0 Å². The van der Waals surface area contributed by atoms with Crippen LogP contribution >= 0.6 is 11.8 Å². The summed E-state index contributed by atoms with van der Waals surface area (Å²) in [5, 5.41) is 11.5. The van der Waals surface area contributed by atoms with Crippen molar-refractivity contribution in [2.75, 3.05) is 25.4 Å². The van der Waals surface area contributed by atoms with Crippen molar-refractivity contribution < 1.29 is 24.2 Å². The minimum Gasteiger partial charge on any atom is -0.480 e. The van der Waals surface area contributed by atoms with Crippen LogP contribution in [0.4, 0.5) is 4.79 Å². The Morgan fingerprint density at radius 1 is 1.09 bits per heavy atom. The number of amides is 2. The fraction of sp³-hybridized carbons (Fsp3) is 0.423. The van der Waals surface area contributed by atoms with Crippen molar-refractivity contribution >= 4 is 29.7 Å². The maximum Gasteiger partial charge on any atom is 0.407 e. The Morgan fingerprint density at radius 2 is 1.71 bits per heavy atom. The second-order valence-corrected chi connectivity index (χ2v) is 10.4. The summed E-state index contributed by atoms with van der Waals surface area (Å²) in [6.07, 6.45) is -0.440. The van der Waals surface area contributed by atoms with Crippen LogP contribution in [0.1, 0.15) is 37.3 Å². The van der Waals surface area contributed by atoms with E-state index >= 15 is 0 Å². The summed E-state index contributed by atoms with van der Waals surface area (Å²) in [5.74, 6) is -0.478. The summed E-state index contributed by atoms with van der Waals surface area (Å²) in [6.45, 7) is 4.79. The molecule has 0 spiro atoms. The van der Waals surface area contributed by atoms with Gasteiger partial charge in [-0.15, -0.1) is 11.8 Å². The molecule has 4 rings (SSSR count). The Hall–Kier alpha value is -3.00. The van der Waals surface area contributed by atoms with E-state index in [-0.39, 0.29) is 37.3 Å². The number of nitrogens with one attached hydrogen (secondary N) is 1. The Labute approximate surface area is 203 Å². The van der Waals surface area contributed by atoms with Crippen LogP contribution in [0.5, 0.6) is 0 Å². The molecular formula is C26H30N2O5S. The second kappa shape index (κ2) is 10.5. The third-order valence-corrected chi connectivity index (χ3v) is 7.71. The van der Waals surface area contributed by atoms with Crippen molar-refractivity contribution in [3.8, 4) is 11.1 Å². The maximum absolute atomic E-state index is 12.8. The molecule has 1 heterocycles. The van der Waals surface area contributed by atoms with E-state index in [1.165, 1.54) is 11.8 Å². The van der Waals surface area contributed by atoms with Crippen LogP contribution in [0.3, 0.4) is 0 Å². The third-order valence-electron chi connectivity index (χ3n) is 6.54. The number of benzene rings is 2. The average molecular weight is 483 g/mol. The fourth-order valence-corrected chi connectivity index (χ4v) is 5.63. The zero-order chi connectivity index (χ0) is 24.2. The van der Waals surface area contributed by atoms with Crippen LogP contribution in [-0.4, -0.2) is 64.7 Å². The summed E-state index contributed by atoms with van der Waals surface area (Å²) < 4.78 is 5.64. The average Bonchev–Trinajstić information content (AvgIpc) is 3.16. The van der Waals surface area contributed by atoms with Gasteiger partial charge in [0, 0.05) is 37.2 Å². The first kappa shape index (κ1) is 24.1. The molecule has 2 aliphatic rings. The van der Waals surface area contributed by atoms with Crippen LogP contribution in [-0.2, 0) is 14.3 Å². The van der Waals surface area contributed by atoms with Gasteiger partial charge in [0.25, 0.3) is 0 Å². The number of carbonyl (C=O) groups is 3. The smallest absolute Gasteiger partial charge is 0.407 e. The van der Waals surface area contributed by atoms with Crippen molar-refractivity contribution in [2.45, 2.75) is 37.5 Å². The van der Waals surface area contributed by atoms with Crippen LogP contribution in [0, 0.1) is 5.92 Å². The lowest BCUT2D eigenvalue weighted by molar-refractivity contribution is -0.138. The number of hydrogen-bond donors (Lipinski definition) is 2. The van der Waals surface area contributed by atoms with E-state index in [2.05, 4.69) is 29.6 Å². The van der Waals surface area contributed by atoms with Gasteiger partial charge < -0.3 is 20.1 Å². The van der Waals surface area contributed by atoms with Gasteiger partial charge in [0.05, 0.1) is 0 Å². The molecule has 180 valence electrons. The molecule has 2 N–H and O–H groups in total. The standard InChI is InChI=1S/C26H30N2O5S/c1-16(2)22(13-24(29)28-11-12-34-23(14-28)25(30)31)27-26(32)33-15-21-19-9-5-3-7-17(19)18-8-4-6-10-20(18)21/h3-10,16,21-23H,11-15H2,1-2H3,(H,27,32)(H,30,31). The van der Waals surface area contributed by atoms with E-state index < -0.39 is 23.4 Å². The quantitative estimate of drug-likeness (QED) is 0.620. The van der Waals surface area contributed by atoms with Gasteiger partial charge in [-0.25, -0.2) is 4.79 Å². The van der Waals surface area contributed by atoms with E-state index in [4.69, 9.17) is 4.74 Å². The largest absolute Gasteiger partial charge is 0.480 e. The fourth-order valence-electron chi connectivity index (χ4n) is 4.59. The number of ether oxygens (including phenoxy) is 1. The van der Waals surface area contributed by atoms with E-state index in [1.54, 1.807) is 4.90 Å². The van der Waals surface area contributed by atoms with Gasteiger partial charge in [0.15, 0.2) is 0 Å². The predicted molar refractivity (Wildman–Crippen MR) is 132 cm³/mol. The minimum absolute atomic E-state index is 0.0128. The zero-order valence-corrected chi connectivity index (χ0v) is 20.2. The third kappa shape index (κ3) is 5.22. The van der Waals surface area contributed by atoms with Gasteiger partial charge in [0.1, 0.15) is 11.9 Å². The number of hydrogen-bond acceptors (Lipinski definition) is 5. The Kier molecular flexibility index (Phi) is 7.46. The summed E-state index contributed by atoms with van der Waals surface area (Å²) in [5.41, 5.74) is 4.61. The highest BCUT2D eigenvalue weighted by molar-refractivity contribution is 8.00. The topological polar surface area (TPSA) is 95.9 Å². The van der Waals surface area contributed by atoms with Gasteiger partial charge in [-0.2, -0.15) is 0 Å². The molecule has 1 aliphatic carbocycles. The summed E-state index contributed by atoms with van der Waals surface area (Å²) in [6, 6.07) is 15.9. The van der Waals surface area contributed by atoms with Crippen LogP contribution in [0.15, 0.2) is 48.5 Å². The van der Waals surface area contributed by atoms with Gasteiger partial charge in [0.2, 0.25) is 5.91 Å². The predicted octanol–water partition coefficient (Wildman–Crippen LogP) is 3.97. The first-order chi connectivity index (χ1) is 16.3. The number of rotatable bonds is 7. The summed E-state index contributed by atoms with van der Waals surface area (Å²) in [7, 11) is 0. The molecule has 2 aromatic carbocycles. The SMILES string of the molecule is CC(C)C(CC(=O)N1CCSC(C(=O)O)C1)NC(=O)OCC1c2ccccc2-c2ccccc21. The number of fused-ring (bicyclic) bond motifs is 3. The first-order valence-electron chi connectivity index (χ1n) is 11.6. The lowest BCUT2D eigenvalue weighted by Gasteiger charge is -2.32. The molecule has 0 radical (unpaired) electrons. The first-order valence-corrected chi connectivity index (χ1v) is 12.6. The molecule has 1 fully saturated rings. The number of carboxylic acids is 1. The highest BCUT2D eigenvalue weighted by Crippen LogP contribution is 2.44. The molecular weight excluding hydrogens is 452 g/mol. The molecule has 2 aromatic rings. The molecule has 8 heteroatoms. The van der Waals surface area contributed by atoms with Crippen molar-refractivity contribution in [1.29, 1.82) is 0 Å². The second-order valence-electron chi connectivity index (χ2n) is 9.06. The highest BCUT2D eigenvalue weighted by Gasteiger charge is 2.32. The number of nitrogens with zero attached hydrogens (tertiary/aromatic N) is 1. The summed E-state index contributed by atoms with van der Waals surface area (Å²) >= 11 is 1.35. The molecule has 0 bridgehead atoms. The monoisotopic (exact) mass is 482 g/mol. The van der Waals surface area contributed by atoms with Crippen LogP contribution in [0.2, 0.25) is 0 Å². The molecule has 2 atom stereocenters. The van der Waals surface area contributed by atoms with Crippen LogP contribution in [0.25, 0.3) is 11.1 Å². The number of carboxylic acid groups (broad SMARTS) is 1. The Bertz CT molecular complexity index is 1030. The highest BCUT2D eigenvalue weighted by atomic mass is 32.2. The Morgan fingerprint density at radius 3 is 2.29 bits per heavy atom. The molecule has 2 amide bonds.